The average Bonchev–Trinajstić information content (AvgIpc) is 3.33. The summed E-state index contributed by atoms with van der Waals surface area (Å²) in [7, 11) is 0. The van der Waals surface area contributed by atoms with Gasteiger partial charge in [-0.05, 0) is 47.9 Å². The van der Waals surface area contributed by atoms with Crippen molar-refractivity contribution in [1.29, 1.82) is 0 Å². The van der Waals surface area contributed by atoms with E-state index in [2.05, 4.69) is 23.4 Å². The van der Waals surface area contributed by atoms with E-state index in [-0.39, 0.29) is 11.5 Å². The van der Waals surface area contributed by atoms with Crippen LogP contribution in [0.15, 0.2) is 58.3 Å². The van der Waals surface area contributed by atoms with Gasteiger partial charge in [-0.25, -0.2) is 4.52 Å². The molecular weight excluding hydrogens is 384 g/mol. The number of fused-ring (bicyclic) bond motifs is 1. The Morgan fingerprint density at radius 2 is 2.03 bits per heavy atom. The van der Waals surface area contributed by atoms with Gasteiger partial charge in [0.05, 0.1) is 12.1 Å². The fourth-order valence-electron chi connectivity index (χ4n) is 3.39. The van der Waals surface area contributed by atoms with Crippen LogP contribution in [-0.4, -0.2) is 26.6 Å². The second-order valence-electron chi connectivity index (χ2n) is 7.13. The van der Waals surface area contributed by atoms with Crippen LogP contribution in [0.4, 0.5) is 0 Å². The molecule has 7 heteroatoms. The summed E-state index contributed by atoms with van der Waals surface area (Å²) in [5.74, 6) is -0.0426. The minimum Gasteiger partial charge on any atom is -0.354 e. The zero-order valence-electron chi connectivity index (χ0n) is 16.4. The largest absolute Gasteiger partial charge is 0.354 e. The van der Waals surface area contributed by atoms with Crippen molar-refractivity contribution in [2.45, 2.75) is 26.8 Å². The summed E-state index contributed by atoms with van der Waals surface area (Å²) in [5.41, 5.74) is 5.52. The second kappa shape index (κ2) is 8.05. The highest BCUT2D eigenvalue weighted by molar-refractivity contribution is 7.08. The van der Waals surface area contributed by atoms with Crippen LogP contribution in [0.3, 0.4) is 0 Å². The molecule has 3 aromatic heterocycles. The number of aromatic nitrogens is 3. The fourth-order valence-corrected chi connectivity index (χ4v) is 4.06. The number of nitrogens with zero attached hydrogens (tertiary/aromatic N) is 3. The Morgan fingerprint density at radius 1 is 1.17 bits per heavy atom. The van der Waals surface area contributed by atoms with E-state index in [0.717, 1.165) is 22.4 Å². The third-order valence-corrected chi connectivity index (χ3v) is 5.61. The number of carbonyl (C=O) groups is 1. The van der Waals surface area contributed by atoms with Gasteiger partial charge >= 0.3 is 0 Å². The molecule has 0 saturated carbocycles. The van der Waals surface area contributed by atoms with Crippen molar-refractivity contribution in [2.24, 2.45) is 0 Å². The predicted octanol–water partition coefficient (Wildman–Crippen LogP) is 3.20. The molecule has 4 rings (SSSR count). The minimum absolute atomic E-state index is 0.0426. The van der Waals surface area contributed by atoms with Gasteiger partial charge in [0.15, 0.2) is 0 Å². The molecule has 3 heterocycles. The SMILES string of the molecule is Cc1ccc(-c2cc3c(=O)n(CCNC(=O)Cc4ccsc4)ccn3n2)c(C)c1. The number of aryl methyl sites for hydroxylation is 2. The first-order valence-electron chi connectivity index (χ1n) is 9.45. The summed E-state index contributed by atoms with van der Waals surface area (Å²) < 4.78 is 3.22. The number of nitrogens with one attached hydrogen (secondary N) is 1. The summed E-state index contributed by atoms with van der Waals surface area (Å²) in [6, 6.07) is 9.95. The van der Waals surface area contributed by atoms with Crippen LogP contribution in [-0.2, 0) is 17.8 Å². The van der Waals surface area contributed by atoms with Gasteiger partial charge in [-0.3, -0.25) is 9.59 Å². The molecule has 0 aliphatic rings. The van der Waals surface area contributed by atoms with Crippen LogP contribution in [0, 0.1) is 13.8 Å². The van der Waals surface area contributed by atoms with Crippen molar-refractivity contribution in [3.8, 4) is 11.3 Å². The van der Waals surface area contributed by atoms with E-state index in [4.69, 9.17) is 0 Å². The number of hydrogen-bond acceptors (Lipinski definition) is 4. The summed E-state index contributed by atoms with van der Waals surface area (Å²) in [4.78, 5) is 24.8. The Hall–Kier alpha value is -3.19. The molecule has 148 valence electrons. The van der Waals surface area contributed by atoms with Gasteiger partial charge in [0.2, 0.25) is 5.91 Å². The van der Waals surface area contributed by atoms with E-state index in [1.165, 1.54) is 5.56 Å². The number of hydrogen-bond donors (Lipinski definition) is 1. The lowest BCUT2D eigenvalue weighted by Crippen LogP contribution is -2.31. The molecular formula is C22H22N4O2S. The van der Waals surface area contributed by atoms with E-state index in [1.807, 2.05) is 41.9 Å². The second-order valence-corrected chi connectivity index (χ2v) is 7.91. The van der Waals surface area contributed by atoms with Gasteiger partial charge in [-0.15, -0.1) is 0 Å². The Kier molecular flexibility index (Phi) is 5.31. The highest BCUT2D eigenvalue weighted by atomic mass is 32.1. The number of benzene rings is 1. The van der Waals surface area contributed by atoms with E-state index >= 15 is 0 Å². The lowest BCUT2D eigenvalue weighted by atomic mass is 10.0. The van der Waals surface area contributed by atoms with Crippen LogP contribution in [0.5, 0.6) is 0 Å². The monoisotopic (exact) mass is 406 g/mol. The number of thiophene rings is 1. The van der Waals surface area contributed by atoms with Crippen molar-refractivity contribution < 1.29 is 4.79 Å². The lowest BCUT2D eigenvalue weighted by molar-refractivity contribution is -0.120. The van der Waals surface area contributed by atoms with Gasteiger partial charge in [-0.2, -0.15) is 16.4 Å². The van der Waals surface area contributed by atoms with E-state index in [0.29, 0.717) is 25.0 Å². The molecule has 29 heavy (non-hydrogen) atoms. The molecule has 0 fully saturated rings. The van der Waals surface area contributed by atoms with Gasteiger partial charge in [0, 0.05) is 31.0 Å². The van der Waals surface area contributed by atoms with Crippen molar-refractivity contribution in [1.82, 2.24) is 19.5 Å². The number of amides is 1. The normalized spacial score (nSPS) is 11.1. The molecule has 0 spiro atoms. The first-order valence-corrected chi connectivity index (χ1v) is 10.4. The van der Waals surface area contributed by atoms with E-state index in [9.17, 15) is 9.59 Å². The van der Waals surface area contributed by atoms with Crippen LogP contribution < -0.4 is 10.9 Å². The van der Waals surface area contributed by atoms with Gasteiger partial charge in [-0.1, -0.05) is 23.8 Å². The molecule has 0 aliphatic carbocycles. The zero-order valence-corrected chi connectivity index (χ0v) is 17.2. The molecule has 6 nitrogen and oxygen atoms in total. The van der Waals surface area contributed by atoms with Crippen LogP contribution >= 0.6 is 11.3 Å². The molecule has 0 saturated heterocycles. The molecule has 0 radical (unpaired) electrons. The van der Waals surface area contributed by atoms with Crippen LogP contribution in [0.25, 0.3) is 16.8 Å². The molecule has 0 bridgehead atoms. The third-order valence-electron chi connectivity index (χ3n) is 4.88. The number of carbonyl (C=O) groups excluding carboxylic acids is 1. The van der Waals surface area contributed by atoms with Gasteiger partial charge in [0.1, 0.15) is 5.52 Å². The molecule has 1 aromatic carbocycles. The third kappa shape index (κ3) is 4.14. The minimum atomic E-state index is -0.122. The first-order chi connectivity index (χ1) is 14.0. The van der Waals surface area contributed by atoms with E-state index in [1.54, 1.807) is 32.8 Å². The summed E-state index contributed by atoms with van der Waals surface area (Å²) in [6.07, 6.45) is 3.84. The van der Waals surface area contributed by atoms with Gasteiger partial charge in [0.25, 0.3) is 5.56 Å². The maximum absolute atomic E-state index is 12.8. The maximum atomic E-state index is 12.8. The fraction of sp³-hybridized carbons (Fsp3) is 0.227. The van der Waals surface area contributed by atoms with E-state index < -0.39 is 0 Å². The molecule has 0 aliphatic heterocycles. The summed E-state index contributed by atoms with van der Waals surface area (Å²) in [5, 5.41) is 11.3. The van der Waals surface area contributed by atoms with Crippen molar-refractivity contribution in [3.63, 3.8) is 0 Å². The lowest BCUT2D eigenvalue weighted by Gasteiger charge is -2.07. The Balaban J connectivity index is 1.49. The maximum Gasteiger partial charge on any atom is 0.276 e. The molecule has 0 atom stereocenters. The van der Waals surface area contributed by atoms with Crippen LogP contribution in [0.1, 0.15) is 16.7 Å². The molecule has 4 aromatic rings. The Bertz CT molecular complexity index is 1220. The predicted molar refractivity (Wildman–Crippen MR) is 115 cm³/mol. The van der Waals surface area contributed by atoms with Crippen molar-refractivity contribution >= 4 is 22.8 Å². The Morgan fingerprint density at radius 3 is 2.79 bits per heavy atom. The summed E-state index contributed by atoms with van der Waals surface area (Å²) in [6.45, 7) is 4.91. The van der Waals surface area contributed by atoms with Crippen molar-refractivity contribution in [3.05, 3.63) is 80.5 Å². The average molecular weight is 407 g/mol. The molecule has 0 unspecified atom stereocenters. The van der Waals surface area contributed by atoms with Crippen LogP contribution in [0.2, 0.25) is 0 Å². The highest BCUT2D eigenvalue weighted by Gasteiger charge is 2.11. The quantitative estimate of drug-likeness (QED) is 0.535. The van der Waals surface area contributed by atoms with Gasteiger partial charge < -0.3 is 9.88 Å². The zero-order chi connectivity index (χ0) is 20.4. The highest BCUT2D eigenvalue weighted by Crippen LogP contribution is 2.23. The standard InChI is InChI=1S/C22H22N4O2S/c1-15-3-4-18(16(2)11-15)19-13-20-22(28)25(8-9-26(20)24-19)7-6-23-21(27)12-17-5-10-29-14-17/h3-5,8-11,13-14H,6-7,12H2,1-2H3,(H,23,27). The topological polar surface area (TPSA) is 68.4 Å². The summed E-state index contributed by atoms with van der Waals surface area (Å²) >= 11 is 1.57. The first kappa shape index (κ1) is 19.1. The van der Waals surface area contributed by atoms with Crippen molar-refractivity contribution in [2.75, 3.05) is 6.54 Å². The molecule has 1 N–H and O–H groups in total. The number of rotatable bonds is 6. The smallest absolute Gasteiger partial charge is 0.276 e. The molecule has 1 amide bonds. The Labute approximate surface area is 172 Å².